The van der Waals surface area contributed by atoms with Gasteiger partial charge in [0.05, 0.1) is 15.8 Å². The molecule has 0 bridgehead atoms. The Kier molecular flexibility index (Phi) is 4.41. The predicted molar refractivity (Wildman–Crippen MR) is 83.1 cm³/mol. The number of aromatic nitrogens is 1. The quantitative estimate of drug-likeness (QED) is 0.869. The largest absolute Gasteiger partial charge is 0.488 e. The zero-order valence-electron chi connectivity index (χ0n) is 11.4. The highest BCUT2D eigenvalue weighted by molar-refractivity contribution is 7.17. The van der Waals surface area contributed by atoms with Crippen molar-refractivity contribution < 1.29 is 9.53 Å². The molecular weight excluding hydrogens is 308 g/mol. The number of nitrogens with zero attached hydrogens (tertiary/aromatic N) is 2. The summed E-state index contributed by atoms with van der Waals surface area (Å²) in [6.07, 6.45) is 5.34. The minimum Gasteiger partial charge on any atom is -0.488 e. The molecule has 1 atom stereocenters. The predicted octanol–water partition coefficient (Wildman–Crippen LogP) is 3.48. The van der Waals surface area contributed by atoms with E-state index >= 15 is 0 Å². The molecule has 0 spiro atoms. The van der Waals surface area contributed by atoms with Crippen molar-refractivity contribution in [1.82, 2.24) is 9.88 Å². The van der Waals surface area contributed by atoms with Gasteiger partial charge >= 0.3 is 0 Å². The lowest BCUT2D eigenvalue weighted by atomic mass is 10.1. The first kappa shape index (κ1) is 14.4. The van der Waals surface area contributed by atoms with Gasteiger partial charge in [-0.15, -0.1) is 11.3 Å². The van der Waals surface area contributed by atoms with Crippen LogP contribution in [-0.2, 0) is 0 Å². The Labute approximate surface area is 132 Å². The van der Waals surface area contributed by atoms with Crippen molar-refractivity contribution in [1.29, 1.82) is 0 Å². The number of rotatable bonds is 3. The molecule has 3 rings (SSSR count). The van der Waals surface area contributed by atoms with Gasteiger partial charge in [-0.1, -0.05) is 11.6 Å². The Morgan fingerprint density at radius 1 is 1.33 bits per heavy atom. The summed E-state index contributed by atoms with van der Waals surface area (Å²) in [7, 11) is 0. The zero-order valence-corrected chi connectivity index (χ0v) is 12.9. The van der Waals surface area contributed by atoms with Crippen LogP contribution in [0.1, 0.15) is 22.5 Å². The summed E-state index contributed by atoms with van der Waals surface area (Å²) in [5, 5.41) is 0. The fourth-order valence-corrected chi connectivity index (χ4v) is 3.42. The van der Waals surface area contributed by atoms with Gasteiger partial charge in [-0.25, -0.2) is 0 Å². The van der Waals surface area contributed by atoms with Gasteiger partial charge in [0.1, 0.15) is 11.9 Å². The van der Waals surface area contributed by atoms with Crippen molar-refractivity contribution in [2.45, 2.75) is 18.9 Å². The van der Waals surface area contributed by atoms with Crippen LogP contribution in [0.5, 0.6) is 5.75 Å². The number of ether oxygens (including phenoxy) is 1. The molecule has 21 heavy (non-hydrogen) atoms. The summed E-state index contributed by atoms with van der Waals surface area (Å²) in [5.41, 5.74) is 0. The first-order chi connectivity index (χ1) is 10.2. The average Bonchev–Trinajstić information content (AvgIpc) is 2.94. The minimum atomic E-state index is 0.0283. The molecule has 0 unspecified atom stereocenters. The molecule has 1 saturated heterocycles. The van der Waals surface area contributed by atoms with Crippen LogP contribution in [0.4, 0.5) is 0 Å². The van der Waals surface area contributed by atoms with E-state index < -0.39 is 0 Å². The van der Waals surface area contributed by atoms with Gasteiger partial charge < -0.3 is 9.64 Å². The third-order valence-corrected chi connectivity index (χ3v) is 4.62. The van der Waals surface area contributed by atoms with Crippen molar-refractivity contribution in [2.75, 3.05) is 13.1 Å². The summed E-state index contributed by atoms with van der Waals surface area (Å²) < 4.78 is 6.56. The smallest absolute Gasteiger partial charge is 0.264 e. The lowest BCUT2D eigenvalue weighted by Gasteiger charge is -2.32. The number of thiophene rings is 1. The highest BCUT2D eigenvalue weighted by atomic mass is 35.5. The third-order valence-electron chi connectivity index (χ3n) is 3.40. The van der Waals surface area contributed by atoms with E-state index in [1.165, 1.54) is 11.3 Å². The lowest BCUT2D eigenvalue weighted by Crippen LogP contribution is -2.44. The Balaban J connectivity index is 1.64. The number of amides is 1. The van der Waals surface area contributed by atoms with Crippen LogP contribution in [0, 0.1) is 0 Å². The number of carbonyl (C=O) groups is 1. The van der Waals surface area contributed by atoms with E-state index in [4.69, 9.17) is 16.3 Å². The van der Waals surface area contributed by atoms with E-state index in [1.54, 1.807) is 24.5 Å². The molecule has 2 aromatic rings. The van der Waals surface area contributed by atoms with E-state index in [9.17, 15) is 4.79 Å². The van der Waals surface area contributed by atoms with Crippen molar-refractivity contribution in [3.05, 3.63) is 45.9 Å². The molecule has 6 heteroatoms. The van der Waals surface area contributed by atoms with Gasteiger partial charge in [-0.05, 0) is 37.1 Å². The number of piperidine rings is 1. The van der Waals surface area contributed by atoms with E-state index in [0.29, 0.717) is 15.8 Å². The van der Waals surface area contributed by atoms with Crippen molar-refractivity contribution in [3.8, 4) is 5.75 Å². The fourth-order valence-electron chi connectivity index (χ4n) is 2.41. The van der Waals surface area contributed by atoms with E-state index in [1.807, 2.05) is 17.0 Å². The van der Waals surface area contributed by atoms with Gasteiger partial charge in [0.15, 0.2) is 0 Å². The molecule has 0 aliphatic carbocycles. The number of hydrogen-bond donors (Lipinski definition) is 0. The number of likely N-dealkylation sites (tertiary alicyclic amines) is 1. The summed E-state index contributed by atoms with van der Waals surface area (Å²) in [6.45, 7) is 1.38. The maximum Gasteiger partial charge on any atom is 0.264 e. The van der Waals surface area contributed by atoms with Gasteiger partial charge in [0, 0.05) is 18.9 Å². The molecule has 110 valence electrons. The van der Waals surface area contributed by atoms with Gasteiger partial charge in [0.25, 0.3) is 5.91 Å². The number of hydrogen-bond acceptors (Lipinski definition) is 4. The lowest BCUT2D eigenvalue weighted by molar-refractivity contribution is 0.0542. The van der Waals surface area contributed by atoms with E-state index in [0.717, 1.165) is 25.1 Å². The third kappa shape index (κ3) is 3.54. The van der Waals surface area contributed by atoms with Crippen molar-refractivity contribution in [3.63, 3.8) is 0 Å². The highest BCUT2D eigenvalue weighted by Crippen LogP contribution is 2.25. The molecule has 4 nitrogen and oxygen atoms in total. The molecule has 0 saturated carbocycles. The van der Waals surface area contributed by atoms with Gasteiger partial charge in [-0.2, -0.15) is 0 Å². The Hall–Kier alpha value is -1.59. The molecule has 2 aromatic heterocycles. The number of halogens is 1. The number of pyridine rings is 1. The monoisotopic (exact) mass is 322 g/mol. The maximum absolute atomic E-state index is 12.4. The molecular formula is C15H15ClN2O2S. The van der Waals surface area contributed by atoms with E-state index in [-0.39, 0.29) is 12.0 Å². The topological polar surface area (TPSA) is 42.4 Å². The Morgan fingerprint density at radius 2 is 2.14 bits per heavy atom. The first-order valence-corrected chi connectivity index (χ1v) is 8.03. The van der Waals surface area contributed by atoms with Crippen LogP contribution in [-0.4, -0.2) is 35.0 Å². The van der Waals surface area contributed by atoms with Gasteiger partial charge in [0.2, 0.25) is 0 Å². The second-order valence-electron chi connectivity index (χ2n) is 4.92. The van der Waals surface area contributed by atoms with Gasteiger partial charge in [-0.3, -0.25) is 9.78 Å². The first-order valence-electron chi connectivity index (χ1n) is 6.83. The maximum atomic E-state index is 12.4. The van der Waals surface area contributed by atoms with Crippen LogP contribution in [0.15, 0.2) is 36.7 Å². The Bertz CT molecular complexity index is 617. The second kappa shape index (κ2) is 6.45. The van der Waals surface area contributed by atoms with Crippen LogP contribution in [0.3, 0.4) is 0 Å². The van der Waals surface area contributed by atoms with Crippen molar-refractivity contribution in [2.24, 2.45) is 0 Å². The Morgan fingerprint density at radius 3 is 2.86 bits per heavy atom. The second-order valence-corrected chi connectivity index (χ2v) is 6.64. The summed E-state index contributed by atoms with van der Waals surface area (Å²) >= 11 is 7.22. The van der Waals surface area contributed by atoms with Crippen molar-refractivity contribution >= 4 is 28.8 Å². The molecule has 0 aromatic carbocycles. The molecule has 1 aliphatic heterocycles. The zero-order chi connectivity index (χ0) is 14.7. The molecule has 3 heterocycles. The highest BCUT2D eigenvalue weighted by Gasteiger charge is 2.26. The molecule has 0 N–H and O–H groups in total. The van der Waals surface area contributed by atoms with E-state index in [2.05, 4.69) is 4.98 Å². The standard InChI is InChI=1S/C15H15ClN2O2S/c16-14-4-3-13(21-14)15(19)18-9-1-2-12(10-18)20-11-5-7-17-8-6-11/h3-8,12H,1-2,9-10H2/t12-/m1/s1. The summed E-state index contributed by atoms with van der Waals surface area (Å²) in [4.78, 5) is 18.9. The molecule has 0 radical (unpaired) electrons. The fraction of sp³-hybridized carbons (Fsp3) is 0.333. The molecule has 1 fully saturated rings. The molecule has 1 amide bonds. The summed E-state index contributed by atoms with van der Waals surface area (Å²) in [6, 6.07) is 7.21. The van der Waals surface area contributed by atoms with Crippen LogP contribution < -0.4 is 4.74 Å². The van der Waals surface area contributed by atoms with Crippen LogP contribution >= 0.6 is 22.9 Å². The van der Waals surface area contributed by atoms with Crippen LogP contribution in [0.2, 0.25) is 4.34 Å². The average molecular weight is 323 g/mol. The normalized spacial score (nSPS) is 18.5. The molecule has 1 aliphatic rings. The van der Waals surface area contributed by atoms with Crippen LogP contribution in [0.25, 0.3) is 0 Å². The SMILES string of the molecule is O=C(c1ccc(Cl)s1)N1CCC[C@@H](Oc2ccncc2)C1. The number of carbonyl (C=O) groups excluding carboxylic acids is 1. The minimum absolute atomic E-state index is 0.0283. The summed E-state index contributed by atoms with van der Waals surface area (Å²) in [5.74, 6) is 0.832.